The third-order valence-corrected chi connectivity index (χ3v) is 6.01. The number of nitrogens with zero attached hydrogens (tertiary/aromatic N) is 6. The van der Waals surface area contributed by atoms with Crippen LogP contribution in [0.1, 0.15) is 5.56 Å². The maximum atomic E-state index is 6.27. The SMILES string of the molecule is Clc1ccc2nc(NN=Cc3cn(-c4ccccc4)nc3-c3cccnc3)nc(-c3ccccc3)c2c1. The van der Waals surface area contributed by atoms with Gasteiger partial charge in [-0.25, -0.2) is 20.1 Å². The summed E-state index contributed by atoms with van der Waals surface area (Å²) in [6, 6.07) is 29.3. The molecule has 0 bridgehead atoms. The molecule has 1 N–H and O–H groups in total. The van der Waals surface area contributed by atoms with Gasteiger partial charge in [0.2, 0.25) is 5.95 Å². The maximum absolute atomic E-state index is 6.27. The van der Waals surface area contributed by atoms with Gasteiger partial charge in [0.25, 0.3) is 0 Å². The molecule has 0 fully saturated rings. The average molecular weight is 502 g/mol. The first-order chi connectivity index (χ1) is 18.2. The first-order valence-electron chi connectivity index (χ1n) is 11.6. The van der Waals surface area contributed by atoms with Crippen LogP contribution < -0.4 is 5.43 Å². The van der Waals surface area contributed by atoms with E-state index in [2.05, 4.69) is 20.5 Å². The van der Waals surface area contributed by atoms with Crippen LogP contribution in [0.15, 0.2) is 115 Å². The third-order valence-electron chi connectivity index (χ3n) is 5.77. The Labute approximate surface area is 218 Å². The summed E-state index contributed by atoms with van der Waals surface area (Å²) < 4.78 is 1.83. The Hall–Kier alpha value is -4.88. The smallest absolute Gasteiger partial charge is 0.244 e. The Morgan fingerprint density at radius 3 is 2.38 bits per heavy atom. The van der Waals surface area contributed by atoms with Crippen molar-refractivity contribution >= 4 is 34.7 Å². The van der Waals surface area contributed by atoms with E-state index in [0.717, 1.165) is 44.7 Å². The zero-order valence-electron chi connectivity index (χ0n) is 19.5. The molecule has 0 atom stereocenters. The molecular formula is C29H20ClN7. The van der Waals surface area contributed by atoms with Crippen LogP contribution in [0.2, 0.25) is 5.02 Å². The molecule has 0 spiro atoms. The topological polar surface area (TPSA) is 80.9 Å². The maximum Gasteiger partial charge on any atom is 0.244 e. The summed E-state index contributed by atoms with van der Waals surface area (Å²) in [6.45, 7) is 0. The molecule has 3 aromatic carbocycles. The summed E-state index contributed by atoms with van der Waals surface area (Å²) >= 11 is 6.27. The molecule has 0 unspecified atom stereocenters. The summed E-state index contributed by atoms with van der Waals surface area (Å²) in [4.78, 5) is 13.6. The van der Waals surface area contributed by atoms with Crippen LogP contribution in [0.25, 0.3) is 39.1 Å². The normalized spacial score (nSPS) is 11.3. The van der Waals surface area contributed by atoms with Crippen LogP contribution in [0.5, 0.6) is 0 Å². The standard InChI is InChI=1S/C29H20ClN7/c30-23-13-14-26-25(16-23)28(20-8-3-1-4-9-20)34-29(33-26)35-32-18-22-19-37(24-11-5-2-6-12-24)36-27(22)21-10-7-15-31-17-21/h1-19H,(H,33,34,35). The number of nitrogens with one attached hydrogen (secondary N) is 1. The van der Waals surface area contributed by atoms with Crippen molar-refractivity contribution in [1.82, 2.24) is 24.7 Å². The Morgan fingerprint density at radius 2 is 1.59 bits per heavy atom. The van der Waals surface area contributed by atoms with Crippen molar-refractivity contribution in [3.05, 3.63) is 120 Å². The minimum atomic E-state index is 0.378. The molecule has 0 aliphatic heterocycles. The molecule has 3 aromatic heterocycles. The van der Waals surface area contributed by atoms with Crippen molar-refractivity contribution < 1.29 is 0 Å². The van der Waals surface area contributed by atoms with E-state index in [1.165, 1.54) is 0 Å². The fourth-order valence-corrected chi connectivity index (χ4v) is 4.22. The Bertz CT molecular complexity index is 1700. The Balaban J connectivity index is 1.37. The zero-order chi connectivity index (χ0) is 25.0. The lowest BCUT2D eigenvalue weighted by Crippen LogP contribution is -2.00. The zero-order valence-corrected chi connectivity index (χ0v) is 20.3. The lowest BCUT2D eigenvalue weighted by molar-refractivity contribution is 0.884. The number of para-hydroxylation sites is 1. The fourth-order valence-electron chi connectivity index (χ4n) is 4.05. The van der Waals surface area contributed by atoms with Crippen LogP contribution in [-0.4, -0.2) is 30.9 Å². The van der Waals surface area contributed by atoms with Crippen molar-refractivity contribution in [1.29, 1.82) is 0 Å². The molecule has 7 nitrogen and oxygen atoms in total. The molecule has 0 saturated carbocycles. The predicted molar refractivity (Wildman–Crippen MR) is 148 cm³/mol. The van der Waals surface area contributed by atoms with E-state index in [9.17, 15) is 0 Å². The van der Waals surface area contributed by atoms with E-state index in [4.69, 9.17) is 21.7 Å². The Kier molecular flexibility index (Phi) is 6.10. The molecule has 0 aliphatic carbocycles. The average Bonchev–Trinajstić information content (AvgIpc) is 3.38. The molecule has 0 amide bonds. The van der Waals surface area contributed by atoms with Gasteiger partial charge in [-0.15, -0.1) is 0 Å². The number of aromatic nitrogens is 5. The number of hydrogen-bond donors (Lipinski definition) is 1. The van der Waals surface area contributed by atoms with Gasteiger partial charge >= 0.3 is 0 Å². The second-order valence-corrected chi connectivity index (χ2v) is 8.68. The van der Waals surface area contributed by atoms with Gasteiger partial charge in [-0.05, 0) is 42.5 Å². The highest BCUT2D eigenvalue weighted by molar-refractivity contribution is 6.31. The van der Waals surface area contributed by atoms with Crippen molar-refractivity contribution in [2.45, 2.75) is 0 Å². The van der Waals surface area contributed by atoms with Gasteiger partial charge < -0.3 is 0 Å². The summed E-state index contributed by atoms with van der Waals surface area (Å²) in [5.41, 5.74) is 8.93. The number of rotatable bonds is 6. The van der Waals surface area contributed by atoms with Crippen LogP contribution in [0.4, 0.5) is 5.95 Å². The van der Waals surface area contributed by atoms with Crippen molar-refractivity contribution in [2.24, 2.45) is 5.10 Å². The molecule has 178 valence electrons. The van der Waals surface area contributed by atoms with Gasteiger partial charge in [0.05, 0.1) is 23.1 Å². The number of pyridine rings is 1. The molecular weight excluding hydrogens is 482 g/mol. The molecule has 0 aliphatic rings. The summed E-state index contributed by atoms with van der Waals surface area (Å²) in [6.07, 6.45) is 7.17. The summed E-state index contributed by atoms with van der Waals surface area (Å²) in [5, 5.41) is 10.8. The number of hydrogen-bond acceptors (Lipinski definition) is 6. The van der Waals surface area contributed by atoms with E-state index >= 15 is 0 Å². The van der Waals surface area contributed by atoms with E-state index in [1.807, 2.05) is 102 Å². The fraction of sp³-hybridized carbons (Fsp3) is 0. The summed E-state index contributed by atoms with van der Waals surface area (Å²) in [5.74, 6) is 0.378. The van der Waals surface area contributed by atoms with Gasteiger partial charge in [-0.2, -0.15) is 10.2 Å². The largest absolute Gasteiger partial charge is 0.264 e. The van der Waals surface area contributed by atoms with Crippen molar-refractivity contribution in [2.75, 3.05) is 5.43 Å². The molecule has 0 saturated heterocycles. The van der Waals surface area contributed by atoms with Crippen LogP contribution in [0, 0.1) is 0 Å². The van der Waals surface area contributed by atoms with Crippen LogP contribution in [0.3, 0.4) is 0 Å². The van der Waals surface area contributed by atoms with Crippen molar-refractivity contribution in [3.8, 4) is 28.2 Å². The second kappa shape index (κ2) is 10.0. The van der Waals surface area contributed by atoms with E-state index in [-0.39, 0.29) is 0 Å². The van der Waals surface area contributed by atoms with Gasteiger partial charge in [0, 0.05) is 45.7 Å². The number of fused-ring (bicyclic) bond motifs is 1. The lowest BCUT2D eigenvalue weighted by Gasteiger charge is -2.09. The second-order valence-electron chi connectivity index (χ2n) is 8.25. The lowest BCUT2D eigenvalue weighted by atomic mass is 10.1. The van der Waals surface area contributed by atoms with E-state index in [0.29, 0.717) is 11.0 Å². The van der Waals surface area contributed by atoms with Crippen LogP contribution in [-0.2, 0) is 0 Å². The van der Waals surface area contributed by atoms with E-state index in [1.54, 1.807) is 18.6 Å². The van der Waals surface area contributed by atoms with Gasteiger partial charge in [-0.1, -0.05) is 60.1 Å². The molecule has 6 aromatic rings. The Morgan fingerprint density at radius 1 is 0.811 bits per heavy atom. The van der Waals surface area contributed by atoms with Gasteiger partial charge in [0.15, 0.2) is 0 Å². The number of hydrazone groups is 1. The first-order valence-corrected chi connectivity index (χ1v) is 12.0. The molecule has 6 rings (SSSR count). The monoisotopic (exact) mass is 501 g/mol. The summed E-state index contributed by atoms with van der Waals surface area (Å²) in [7, 11) is 0. The highest BCUT2D eigenvalue weighted by Gasteiger charge is 2.13. The minimum absolute atomic E-state index is 0.378. The van der Waals surface area contributed by atoms with Gasteiger partial charge in [-0.3, -0.25) is 4.98 Å². The number of benzene rings is 3. The van der Waals surface area contributed by atoms with Crippen LogP contribution >= 0.6 is 11.6 Å². The minimum Gasteiger partial charge on any atom is -0.264 e. The van der Waals surface area contributed by atoms with Crippen molar-refractivity contribution in [3.63, 3.8) is 0 Å². The molecule has 0 radical (unpaired) electrons. The first kappa shape index (κ1) is 22.6. The molecule has 3 heterocycles. The van der Waals surface area contributed by atoms with E-state index < -0.39 is 0 Å². The molecule has 8 heteroatoms. The highest BCUT2D eigenvalue weighted by Crippen LogP contribution is 2.29. The number of anilines is 1. The number of halogens is 1. The quantitative estimate of drug-likeness (QED) is 0.204. The third kappa shape index (κ3) is 4.80. The molecule has 37 heavy (non-hydrogen) atoms. The predicted octanol–water partition coefficient (Wildman–Crippen LogP) is 6.64. The van der Waals surface area contributed by atoms with Gasteiger partial charge in [0.1, 0.15) is 5.69 Å². The highest BCUT2D eigenvalue weighted by atomic mass is 35.5.